The predicted molar refractivity (Wildman–Crippen MR) is 68.1 cm³/mol. The van der Waals surface area contributed by atoms with Crippen LogP contribution < -0.4 is 5.32 Å². The summed E-state index contributed by atoms with van der Waals surface area (Å²) in [6.45, 7) is 5.02. The maximum Gasteiger partial charge on any atom is 0.326 e. The normalized spacial score (nSPS) is 12.8. The molecule has 6 nitrogen and oxygen atoms in total. The molecule has 4 N–H and O–H groups in total. The average Bonchev–Trinajstić information content (AvgIpc) is 2.26. The van der Waals surface area contributed by atoms with E-state index in [1.807, 2.05) is 0 Å². The lowest BCUT2D eigenvalue weighted by molar-refractivity contribution is -0.142. The number of aromatic hydroxyl groups is 2. The molecule has 0 heterocycles. The second-order valence-corrected chi connectivity index (χ2v) is 5.31. The van der Waals surface area contributed by atoms with Crippen LogP contribution in [0.2, 0.25) is 0 Å². The molecule has 1 unspecified atom stereocenters. The molecule has 19 heavy (non-hydrogen) atoms. The van der Waals surface area contributed by atoms with Crippen LogP contribution in [-0.4, -0.2) is 33.2 Å². The molecule has 0 aromatic heterocycles. The van der Waals surface area contributed by atoms with Crippen LogP contribution in [0.5, 0.6) is 11.5 Å². The number of carbonyl (C=O) groups excluding carboxylic acids is 1. The van der Waals surface area contributed by atoms with Gasteiger partial charge in [-0.05, 0) is 23.6 Å². The maximum atomic E-state index is 11.9. The first-order valence-electron chi connectivity index (χ1n) is 5.68. The van der Waals surface area contributed by atoms with Gasteiger partial charge in [0.25, 0.3) is 5.91 Å². The summed E-state index contributed by atoms with van der Waals surface area (Å²) in [5.41, 5.74) is -0.857. The van der Waals surface area contributed by atoms with Gasteiger partial charge in [0.2, 0.25) is 0 Å². The molecule has 0 fully saturated rings. The molecule has 0 bridgehead atoms. The van der Waals surface area contributed by atoms with E-state index in [2.05, 4.69) is 5.32 Å². The molecule has 104 valence electrons. The van der Waals surface area contributed by atoms with Crippen LogP contribution in [-0.2, 0) is 4.79 Å². The van der Waals surface area contributed by atoms with Gasteiger partial charge in [-0.1, -0.05) is 20.8 Å². The first-order valence-corrected chi connectivity index (χ1v) is 5.68. The Morgan fingerprint density at radius 1 is 1.21 bits per heavy atom. The number of amides is 1. The zero-order chi connectivity index (χ0) is 14.8. The molecular formula is C13H17NO5. The van der Waals surface area contributed by atoms with E-state index in [1.54, 1.807) is 20.8 Å². The van der Waals surface area contributed by atoms with Crippen molar-refractivity contribution in [3.63, 3.8) is 0 Å². The Hall–Kier alpha value is -2.24. The van der Waals surface area contributed by atoms with Crippen molar-refractivity contribution in [2.24, 2.45) is 5.41 Å². The van der Waals surface area contributed by atoms with Crippen molar-refractivity contribution in [1.82, 2.24) is 5.32 Å². The van der Waals surface area contributed by atoms with Gasteiger partial charge in [0.1, 0.15) is 17.5 Å². The van der Waals surface area contributed by atoms with Gasteiger partial charge in [-0.2, -0.15) is 0 Å². The van der Waals surface area contributed by atoms with E-state index in [1.165, 1.54) is 6.07 Å². The van der Waals surface area contributed by atoms with Crippen LogP contribution >= 0.6 is 0 Å². The molecule has 1 aromatic rings. The van der Waals surface area contributed by atoms with E-state index in [4.69, 9.17) is 5.11 Å². The van der Waals surface area contributed by atoms with Crippen molar-refractivity contribution in [2.45, 2.75) is 26.8 Å². The highest BCUT2D eigenvalue weighted by Gasteiger charge is 2.33. The van der Waals surface area contributed by atoms with Crippen molar-refractivity contribution in [1.29, 1.82) is 0 Å². The number of rotatable bonds is 3. The number of nitrogens with one attached hydrogen (secondary N) is 1. The summed E-state index contributed by atoms with van der Waals surface area (Å²) in [7, 11) is 0. The van der Waals surface area contributed by atoms with Crippen molar-refractivity contribution in [2.75, 3.05) is 0 Å². The average molecular weight is 267 g/mol. The van der Waals surface area contributed by atoms with Crippen LogP contribution in [0.1, 0.15) is 31.1 Å². The largest absolute Gasteiger partial charge is 0.508 e. The number of phenolic OH excluding ortho intramolecular Hbond substituents is 2. The predicted octanol–water partition coefficient (Wildman–Crippen LogP) is 1.33. The van der Waals surface area contributed by atoms with E-state index in [9.17, 15) is 19.8 Å². The number of benzene rings is 1. The fraction of sp³-hybridized carbons (Fsp3) is 0.385. The number of hydrogen-bond donors (Lipinski definition) is 4. The molecule has 0 aliphatic rings. The molecule has 1 atom stereocenters. The van der Waals surface area contributed by atoms with E-state index < -0.39 is 23.3 Å². The van der Waals surface area contributed by atoms with Crippen molar-refractivity contribution < 1.29 is 24.9 Å². The first kappa shape index (κ1) is 14.8. The lowest BCUT2D eigenvalue weighted by Crippen LogP contribution is -2.49. The topological polar surface area (TPSA) is 107 Å². The third kappa shape index (κ3) is 3.61. The summed E-state index contributed by atoms with van der Waals surface area (Å²) in [6, 6.07) is 2.36. The summed E-state index contributed by atoms with van der Waals surface area (Å²) < 4.78 is 0. The Labute approximate surface area is 110 Å². The standard InChI is InChI=1S/C13H17NO5/c1-13(2,3)10(12(18)19)14-11(17)8-6-7(15)4-5-9(8)16/h4-6,10,15-16H,1-3H3,(H,14,17)(H,18,19). The minimum absolute atomic E-state index is 0.171. The minimum atomic E-state index is -1.17. The highest BCUT2D eigenvalue weighted by atomic mass is 16.4. The van der Waals surface area contributed by atoms with Crippen LogP contribution in [0.15, 0.2) is 18.2 Å². The second-order valence-electron chi connectivity index (χ2n) is 5.31. The second kappa shape index (κ2) is 5.17. The number of aliphatic carboxylic acids is 1. The molecule has 0 saturated carbocycles. The Morgan fingerprint density at radius 2 is 1.79 bits per heavy atom. The summed E-state index contributed by atoms with van der Waals surface area (Å²) in [5.74, 6) is -2.44. The van der Waals surface area contributed by atoms with E-state index in [-0.39, 0.29) is 17.1 Å². The van der Waals surface area contributed by atoms with Gasteiger partial charge in [-0.3, -0.25) is 4.79 Å². The molecule has 0 radical (unpaired) electrons. The van der Waals surface area contributed by atoms with E-state index in [0.717, 1.165) is 12.1 Å². The van der Waals surface area contributed by atoms with Crippen LogP contribution in [0.3, 0.4) is 0 Å². The molecule has 6 heteroatoms. The molecular weight excluding hydrogens is 250 g/mol. The third-order valence-electron chi connectivity index (χ3n) is 2.61. The van der Waals surface area contributed by atoms with E-state index in [0.29, 0.717) is 0 Å². The van der Waals surface area contributed by atoms with Crippen molar-refractivity contribution in [3.8, 4) is 11.5 Å². The van der Waals surface area contributed by atoms with Gasteiger partial charge in [-0.15, -0.1) is 0 Å². The quantitative estimate of drug-likeness (QED) is 0.618. The van der Waals surface area contributed by atoms with Crippen LogP contribution in [0.25, 0.3) is 0 Å². The fourth-order valence-electron chi connectivity index (χ4n) is 1.56. The molecule has 0 saturated heterocycles. The monoisotopic (exact) mass is 267 g/mol. The lowest BCUT2D eigenvalue weighted by atomic mass is 9.86. The molecule has 0 aliphatic carbocycles. The number of phenols is 2. The van der Waals surface area contributed by atoms with Crippen molar-refractivity contribution >= 4 is 11.9 Å². The van der Waals surface area contributed by atoms with Gasteiger partial charge in [-0.25, -0.2) is 4.79 Å². The van der Waals surface area contributed by atoms with Gasteiger partial charge in [0, 0.05) is 0 Å². The zero-order valence-electron chi connectivity index (χ0n) is 11.0. The highest BCUT2D eigenvalue weighted by molar-refractivity contribution is 5.99. The highest BCUT2D eigenvalue weighted by Crippen LogP contribution is 2.24. The van der Waals surface area contributed by atoms with Gasteiger partial charge >= 0.3 is 5.97 Å². The van der Waals surface area contributed by atoms with E-state index >= 15 is 0 Å². The fourth-order valence-corrected chi connectivity index (χ4v) is 1.56. The van der Waals surface area contributed by atoms with Gasteiger partial charge in [0.05, 0.1) is 5.56 Å². The Morgan fingerprint density at radius 3 is 2.26 bits per heavy atom. The number of carbonyl (C=O) groups is 2. The number of carboxylic acid groups (broad SMARTS) is 1. The third-order valence-corrected chi connectivity index (χ3v) is 2.61. The Kier molecular flexibility index (Phi) is 4.04. The smallest absolute Gasteiger partial charge is 0.326 e. The minimum Gasteiger partial charge on any atom is -0.508 e. The molecule has 1 aromatic carbocycles. The molecule has 1 amide bonds. The van der Waals surface area contributed by atoms with Crippen LogP contribution in [0, 0.1) is 5.41 Å². The Balaban J connectivity index is 3.01. The van der Waals surface area contributed by atoms with Gasteiger partial charge in [0.15, 0.2) is 0 Å². The lowest BCUT2D eigenvalue weighted by Gasteiger charge is -2.27. The molecule has 0 aliphatic heterocycles. The maximum absolute atomic E-state index is 11.9. The van der Waals surface area contributed by atoms with Crippen LogP contribution in [0.4, 0.5) is 0 Å². The number of carboxylic acids is 1. The summed E-state index contributed by atoms with van der Waals surface area (Å²) >= 11 is 0. The first-order chi connectivity index (χ1) is 8.62. The number of hydrogen-bond acceptors (Lipinski definition) is 4. The molecule has 1 rings (SSSR count). The Bertz CT molecular complexity index is 504. The van der Waals surface area contributed by atoms with Crippen molar-refractivity contribution in [3.05, 3.63) is 23.8 Å². The SMILES string of the molecule is CC(C)(C)C(NC(=O)c1cc(O)ccc1O)C(=O)O. The molecule has 0 spiro atoms. The zero-order valence-corrected chi connectivity index (χ0v) is 11.0. The van der Waals surface area contributed by atoms with Gasteiger partial charge < -0.3 is 20.6 Å². The summed E-state index contributed by atoms with van der Waals surface area (Å²) in [5, 5.41) is 30.3. The summed E-state index contributed by atoms with van der Waals surface area (Å²) in [6.07, 6.45) is 0. The summed E-state index contributed by atoms with van der Waals surface area (Å²) in [4.78, 5) is 23.1.